The Morgan fingerprint density at radius 3 is 2.95 bits per heavy atom. The minimum atomic E-state index is 0.772. The summed E-state index contributed by atoms with van der Waals surface area (Å²) in [7, 11) is 0. The molecule has 0 unspecified atom stereocenters. The van der Waals surface area contributed by atoms with Crippen molar-refractivity contribution in [2.75, 3.05) is 18.6 Å². The first-order valence-electron chi connectivity index (χ1n) is 7.04. The van der Waals surface area contributed by atoms with Gasteiger partial charge in [0.15, 0.2) is 0 Å². The van der Waals surface area contributed by atoms with Gasteiger partial charge in [-0.25, -0.2) is 0 Å². The lowest BCUT2D eigenvalue weighted by Crippen LogP contribution is -2.15. The molecule has 0 amide bonds. The zero-order chi connectivity index (χ0) is 14.2. The van der Waals surface area contributed by atoms with Crippen molar-refractivity contribution >= 4 is 34.3 Å². The van der Waals surface area contributed by atoms with Crippen molar-refractivity contribution in [2.45, 2.75) is 25.8 Å². The number of pyridine rings is 1. The Morgan fingerprint density at radius 1 is 1.20 bits per heavy atom. The largest absolute Gasteiger partial charge is 0.313 e. The Morgan fingerprint density at radius 2 is 2.10 bits per heavy atom. The standard InChI is InChI=1S/C16H21ClN2S/c1-20-11-4-2-3-9-18-12-13-7-8-15(17)14-6-5-10-19-16(13)14/h5-8,10,18H,2-4,9,11-12H2,1H3. The summed E-state index contributed by atoms with van der Waals surface area (Å²) in [6.07, 6.45) is 7.84. The van der Waals surface area contributed by atoms with Crippen LogP contribution in [-0.2, 0) is 6.54 Å². The quantitative estimate of drug-likeness (QED) is 0.726. The molecule has 1 aromatic heterocycles. The van der Waals surface area contributed by atoms with Crippen LogP contribution in [0, 0.1) is 0 Å². The van der Waals surface area contributed by atoms with Crippen molar-refractivity contribution in [1.29, 1.82) is 0 Å². The lowest BCUT2D eigenvalue weighted by atomic mass is 10.1. The van der Waals surface area contributed by atoms with E-state index in [1.807, 2.05) is 36.2 Å². The Hall–Kier alpha value is -0.770. The summed E-state index contributed by atoms with van der Waals surface area (Å²) in [5.41, 5.74) is 2.23. The number of benzene rings is 1. The van der Waals surface area contributed by atoms with Crippen molar-refractivity contribution in [2.24, 2.45) is 0 Å². The predicted octanol–water partition coefficient (Wildman–Crippen LogP) is 4.51. The highest BCUT2D eigenvalue weighted by Gasteiger charge is 2.04. The molecule has 1 heterocycles. The van der Waals surface area contributed by atoms with Crippen LogP contribution in [-0.4, -0.2) is 23.5 Å². The molecule has 0 saturated carbocycles. The number of rotatable bonds is 8. The SMILES string of the molecule is CSCCCCCNCc1ccc(Cl)c2cccnc12. The van der Waals surface area contributed by atoms with Gasteiger partial charge in [0.25, 0.3) is 0 Å². The third-order valence-corrected chi connectivity index (χ3v) is 4.34. The number of hydrogen-bond donors (Lipinski definition) is 1. The van der Waals surface area contributed by atoms with Gasteiger partial charge in [0.1, 0.15) is 0 Å². The number of aromatic nitrogens is 1. The third kappa shape index (κ3) is 4.37. The van der Waals surface area contributed by atoms with Gasteiger partial charge in [-0.3, -0.25) is 4.98 Å². The van der Waals surface area contributed by atoms with Gasteiger partial charge in [0, 0.05) is 23.2 Å². The van der Waals surface area contributed by atoms with Crippen molar-refractivity contribution in [3.05, 3.63) is 41.0 Å². The second-order valence-corrected chi connectivity index (χ2v) is 6.23. The van der Waals surface area contributed by atoms with E-state index in [1.54, 1.807) is 0 Å². The molecule has 0 radical (unpaired) electrons. The van der Waals surface area contributed by atoms with E-state index in [4.69, 9.17) is 11.6 Å². The fourth-order valence-electron chi connectivity index (χ4n) is 2.24. The first-order valence-corrected chi connectivity index (χ1v) is 8.82. The third-order valence-electron chi connectivity index (χ3n) is 3.32. The van der Waals surface area contributed by atoms with E-state index < -0.39 is 0 Å². The van der Waals surface area contributed by atoms with Gasteiger partial charge in [-0.15, -0.1) is 0 Å². The van der Waals surface area contributed by atoms with Crippen LogP contribution in [0.2, 0.25) is 5.02 Å². The molecule has 0 aliphatic heterocycles. The topological polar surface area (TPSA) is 24.9 Å². The van der Waals surface area contributed by atoms with Gasteiger partial charge in [-0.05, 0) is 55.2 Å². The molecule has 0 bridgehead atoms. The van der Waals surface area contributed by atoms with E-state index in [1.165, 1.54) is 30.6 Å². The molecule has 2 rings (SSSR count). The second-order valence-electron chi connectivity index (χ2n) is 4.84. The maximum absolute atomic E-state index is 6.20. The molecule has 20 heavy (non-hydrogen) atoms. The number of hydrogen-bond acceptors (Lipinski definition) is 3. The normalized spacial score (nSPS) is 11.1. The average molecular weight is 309 g/mol. The second kappa shape index (κ2) is 8.50. The van der Waals surface area contributed by atoms with E-state index in [9.17, 15) is 0 Å². The van der Waals surface area contributed by atoms with Crippen molar-refractivity contribution in [3.63, 3.8) is 0 Å². The Labute approximate surface area is 130 Å². The summed E-state index contributed by atoms with van der Waals surface area (Å²) in [5, 5.41) is 5.31. The molecule has 1 aromatic carbocycles. The van der Waals surface area contributed by atoms with Crippen LogP contribution in [0.3, 0.4) is 0 Å². The Kier molecular flexibility index (Phi) is 6.64. The van der Waals surface area contributed by atoms with Gasteiger partial charge in [0.2, 0.25) is 0 Å². The zero-order valence-electron chi connectivity index (χ0n) is 11.9. The van der Waals surface area contributed by atoms with Crippen LogP contribution in [0.5, 0.6) is 0 Å². The number of unbranched alkanes of at least 4 members (excludes halogenated alkanes) is 2. The van der Waals surface area contributed by atoms with Crippen LogP contribution in [0.25, 0.3) is 10.9 Å². The number of halogens is 1. The Bertz CT molecular complexity index is 545. The fourth-order valence-corrected chi connectivity index (χ4v) is 2.94. The molecule has 0 aliphatic rings. The van der Waals surface area contributed by atoms with Gasteiger partial charge < -0.3 is 5.32 Å². The monoisotopic (exact) mass is 308 g/mol. The van der Waals surface area contributed by atoms with Crippen molar-refractivity contribution in [3.8, 4) is 0 Å². The van der Waals surface area contributed by atoms with Gasteiger partial charge >= 0.3 is 0 Å². The minimum absolute atomic E-state index is 0.772. The number of nitrogens with zero attached hydrogens (tertiary/aromatic N) is 1. The highest BCUT2D eigenvalue weighted by atomic mass is 35.5. The highest BCUT2D eigenvalue weighted by Crippen LogP contribution is 2.24. The number of fused-ring (bicyclic) bond motifs is 1. The summed E-state index contributed by atoms with van der Waals surface area (Å²) in [6, 6.07) is 7.98. The molecule has 0 saturated heterocycles. The predicted molar refractivity (Wildman–Crippen MR) is 90.7 cm³/mol. The van der Waals surface area contributed by atoms with Gasteiger partial charge in [-0.2, -0.15) is 11.8 Å². The summed E-state index contributed by atoms with van der Waals surface area (Å²) >= 11 is 8.12. The molecular weight excluding hydrogens is 288 g/mol. The first-order chi connectivity index (χ1) is 9.83. The maximum atomic E-state index is 6.20. The van der Waals surface area contributed by atoms with E-state index in [0.29, 0.717) is 0 Å². The molecule has 0 atom stereocenters. The minimum Gasteiger partial charge on any atom is -0.313 e. The van der Waals surface area contributed by atoms with E-state index in [-0.39, 0.29) is 0 Å². The molecule has 1 N–H and O–H groups in total. The molecule has 108 valence electrons. The van der Waals surface area contributed by atoms with Crippen LogP contribution in [0.15, 0.2) is 30.5 Å². The average Bonchev–Trinajstić information content (AvgIpc) is 2.49. The highest BCUT2D eigenvalue weighted by molar-refractivity contribution is 7.98. The fraction of sp³-hybridized carbons (Fsp3) is 0.438. The molecule has 4 heteroatoms. The summed E-state index contributed by atoms with van der Waals surface area (Å²) in [4.78, 5) is 4.45. The van der Waals surface area contributed by atoms with E-state index in [0.717, 1.165) is 29.0 Å². The first kappa shape index (κ1) is 15.6. The lowest BCUT2D eigenvalue weighted by molar-refractivity contribution is 0.620. The molecule has 2 aromatic rings. The molecule has 0 fully saturated rings. The lowest BCUT2D eigenvalue weighted by Gasteiger charge is -2.08. The maximum Gasteiger partial charge on any atom is 0.0761 e. The van der Waals surface area contributed by atoms with Gasteiger partial charge in [-0.1, -0.05) is 24.1 Å². The summed E-state index contributed by atoms with van der Waals surface area (Å²) < 4.78 is 0. The van der Waals surface area contributed by atoms with Gasteiger partial charge in [0.05, 0.1) is 5.52 Å². The van der Waals surface area contributed by atoms with Crippen LogP contribution < -0.4 is 5.32 Å². The molecule has 0 spiro atoms. The zero-order valence-corrected chi connectivity index (χ0v) is 13.4. The van der Waals surface area contributed by atoms with Crippen molar-refractivity contribution in [1.82, 2.24) is 10.3 Å². The van der Waals surface area contributed by atoms with Crippen LogP contribution in [0.4, 0.5) is 0 Å². The van der Waals surface area contributed by atoms with Crippen LogP contribution >= 0.6 is 23.4 Å². The van der Waals surface area contributed by atoms with Crippen molar-refractivity contribution < 1.29 is 0 Å². The van der Waals surface area contributed by atoms with E-state index in [2.05, 4.69) is 22.6 Å². The van der Waals surface area contributed by atoms with Crippen LogP contribution in [0.1, 0.15) is 24.8 Å². The summed E-state index contributed by atoms with van der Waals surface area (Å²) in [5.74, 6) is 1.27. The summed E-state index contributed by atoms with van der Waals surface area (Å²) in [6.45, 7) is 1.92. The molecular formula is C16H21ClN2S. The Balaban J connectivity index is 1.86. The number of thioether (sulfide) groups is 1. The van der Waals surface area contributed by atoms with E-state index >= 15 is 0 Å². The smallest absolute Gasteiger partial charge is 0.0761 e. The molecule has 0 aliphatic carbocycles. The number of nitrogens with one attached hydrogen (secondary N) is 1. The molecule has 2 nitrogen and oxygen atoms in total.